The number of rotatable bonds is 4. The lowest BCUT2D eigenvalue weighted by atomic mass is 10.0. The maximum absolute atomic E-state index is 5.18. The Morgan fingerprint density at radius 2 is 1.47 bits per heavy atom. The Kier molecular flexibility index (Phi) is 3.51. The zero-order chi connectivity index (χ0) is 13.1. The van der Waals surface area contributed by atoms with Gasteiger partial charge in [-0.2, -0.15) is 0 Å². The summed E-state index contributed by atoms with van der Waals surface area (Å²) < 4.78 is 5.18. The number of methoxy groups -OCH3 is 1. The van der Waals surface area contributed by atoms with E-state index in [0.717, 1.165) is 12.3 Å². The van der Waals surface area contributed by atoms with Gasteiger partial charge in [-0.15, -0.1) is 0 Å². The minimum absolute atomic E-state index is 0.901. The Morgan fingerprint density at radius 1 is 0.895 bits per heavy atom. The van der Waals surface area contributed by atoms with Gasteiger partial charge in [-0.25, -0.2) is 0 Å². The average Bonchev–Trinajstić information content (AvgIpc) is 2.44. The van der Waals surface area contributed by atoms with Gasteiger partial charge in [-0.05, 0) is 48.3 Å². The fraction of sp³-hybridized carbons (Fsp3) is 0.294. The highest BCUT2D eigenvalue weighted by molar-refractivity contribution is 5.64. The van der Waals surface area contributed by atoms with E-state index in [2.05, 4.69) is 41.3 Å². The standard InChI is InChI=1S/C17H19NO/c1-19-17-9-7-16(8-10-17)15-5-3-14(4-6-15)13-18-11-2-12-18/h3-10H,2,11-13H2,1H3. The number of hydrogen-bond donors (Lipinski definition) is 0. The summed E-state index contributed by atoms with van der Waals surface area (Å²) in [7, 11) is 1.69. The van der Waals surface area contributed by atoms with Crippen LogP contribution in [0, 0.1) is 0 Å². The summed E-state index contributed by atoms with van der Waals surface area (Å²) in [5.41, 5.74) is 3.89. The van der Waals surface area contributed by atoms with Crippen LogP contribution in [0.2, 0.25) is 0 Å². The van der Waals surface area contributed by atoms with Gasteiger partial charge in [-0.3, -0.25) is 4.90 Å². The van der Waals surface area contributed by atoms with E-state index < -0.39 is 0 Å². The predicted octanol–water partition coefficient (Wildman–Crippen LogP) is 3.57. The van der Waals surface area contributed by atoms with Crippen LogP contribution in [0.4, 0.5) is 0 Å². The highest BCUT2D eigenvalue weighted by Gasteiger charge is 2.13. The van der Waals surface area contributed by atoms with Crippen LogP contribution in [0.3, 0.4) is 0 Å². The van der Waals surface area contributed by atoms with Gasteiger partial charge in [0.15, 0.2) is 0 Å². The second kappa shape index (κ2) is 5.45. The van der Waals surface area contributed by atoms with Crippen molar-refractivity contribution in [1.29, 1.82) is 0 Å². The molecule has 1 aliphatic rings. The van der Waals surface area contributed by atoms with E-state index in [1.54, 1.807) is 7.11 Å². The first-order valence-electron chi connectivity index (χ1n) is 6.81. The molecule has 0 aromatic heterocycles. The number of ether oxygens (including phenoxy) is 1. The van der Waals surface area contributed by atoms with Crippen molar-refractivity contribution >= 4 is 0 Å². The van der Waals surface area contributed by atoms with E-state index in [9.17, 15) is 0 Å². The zero-order valence-corrected chi connectivity index (χ0v) is 11.3. The Balaban J connectivity index is 1.73. The van der Waals surface area contributed by atoms with Crippen molar-refractivity contribution in [1.82, 2.24) is 4.90 Å². The molecule has 0 atom stereocenters. The highest BCUT2D eigenvalue weighted by atomic mass is 16.5. The molecule has 0 radical (unpaired) electrons. The topological polar surface area (TPSA) is 12.5 Å². The molecule has 0 unspecified atom stereocenters. The van der Waals surface area contributed by atoms with E-state index in [1.807, 2.05) is 12.1 Å². The van der Waals surface area contributed by atoms with Gasteiger partial charge in [0.25, 0.3) is 0 Å². The third kappa shape index (κ3) is 2.79. The number of likely N-dealkylation sites (tertiary alicyclic amines) is 1. The molecule has 0 bridgehead atoms. The first-order chi connectivity index (χ1) is 9.35. The molecule has 2 nitrogen and oxygen atoms in total. The third-order valence-corrected chi connectivity index (χ3v) is 3.73. The lowest BCUT2D eigenvalue weighted by Crippen LogP contribution is -2.36. The molecule has 2 aromatic rings. The molecule has 1 heterocycles. The van der Waals surface area contributed by atoms with Crippen LogP contribution in [-0.4, -0.2) is 25.1 Å². The van der Waals surface area contributed by atoms with Crippen LogP contribution in [0.5, 0.6) is 5.75 Å². The Bertz CT molecular complexity index is 526. The van der Waals surface area contributed by atoms with Gasteiger partial charge in [0.1, 0.15) is 5.75 Å². The molecule has 0 spiro atoms. The molecule has 0 aliphatic carbocycles. The van der Waals surface area contributed by atoms with Gasteiger partial charge in [0.2, 0.25) is 0 Å². The SMILES string of the molecule is COc1ccc(-c2ccc(CN3CCC3)cc2)cc1. The lowest BCUT2D eigenvalue weighted by Gasteiger charge is -2.30. The number of hydrogen-bond acceptors (Lipinski definition) is 2. The Hall–Kier alpha value is -1.80. The Labute approximate surface area is 114 Å². The lowest BCUT2D eigenvalue weighted by molar-refractivity contribution is 0.172. The van der Waals surface area contributed by atoms with Crippen LogP contribution in [-0.2, 0) is 6.54 Å². The van der Waals surface area contributed by atoms with E-state index in [1.165, 1.54) is 36.2 Å². The van der Waals surface area contributed by atoms with Crippen LogP contribution >= 0.6 is 0 Å². The molecule has 2 aromatic carbocycles. The van der Waals surface area contributed by atoms with Gasteiger partial charge in [-0.1, -0.05) is 36.4 Å². The quantitative estimate of drug-likeness (QED) is 0.826. The number of nitrogens with zero attached hydrogens (tertiary/aromatic N) is 1. The molecule has 0 saturated carbocycles. The van der Waals surface area contributed by atoms with Crippen LogP contribution in [0.15, 0.2) is 48.5 Å². The minimum atomic E-state index is 0.901. The maximum atomic E-state index is 5.18. The zero-order valence-electron chi connectivity index (χ0n) is 11.3. The molecule has 1 aliphatic heterocycles. The molecule has 98 valence electrons. The van der Waals surface area contributed by atoms with Crippen molar-refractivity contribution in [2.75, 3.05) is 20.2 Å². The normalized spacial score (nSPS) is 15.0. The van der Waals surface area contributed by atoms with E-state index in [0.29, 0.717) is 0 Å². The summed E-state index contributed by atoms with van der Waals surface area (Å²) in [6.45, 7) is 3.59. The maximum Gasteiger partial charge on any atom is 0.118 e. The Morgan fingerprint density at radius 3 is 1.95 bits per heavy atom. The monoisotopic (exact) mass is 253 g/mol. The van der Waals surface area contributed by atoms with Crippen molar-refractivity contribution in [2.45, 2.75) is 13.0 Å². The van der Waals surface area contributed by atoms with Crippen LogP contribution in [0.25, 0.3) is 11.1 Å². The van der Waals surface area contributed by atoms with E-state index >= 15 is 0 Å². The third-order valence-electron chi connectivity index (χ3n) is 3.73. The summed E-state index contributed by atoms with van der Waals surface area (Å²) in [5.74, 6) is 0.901. The van der Waals surface area contributed by atoms with Crippen molar-refractivity contribution in [3.63, 3.8) is 0 Å². The van der Waals surface area contributed by atoms with Gasteiger partial charge >= 0.3 is 0 Å². The summed E-state index contributed by atoms with van der Waals surface area (Å²) in [5, 5.41) is 0. The van der Waals surface area contributed by atoms with Crippen molar-refractivity contribution in [3.05, 3.63) is 54.1 Å². The first kappa shape index (κ1) is 12.2. The molecule has 0 N–H and O–H groups in total. The van der Waals surface area contributed by atoms with Crippen molar-refractivity contribution in [3.8, 4) is 16.9 Å². The molecule has 2 heteroatoms. The van der Waals surface area contributed by atoms with Crippen LogP contribution < -0.4 is 4.74 Å². The molecule has 19 heavy (non-hydrogen) atoms. The predicted molar refractivity (Wildman–Crippen MR) is 78.3 cm³/mol. The van der Waals surface area contributed by atoms with Crippen molar-refractivity contribution in [2.24, 2.45) is 0 Å². The average molecular weight is 253 g/mol. The fourth-order valence-corrected chi connectivity index (χ4v) is 2.38. The second-order valence-corrected chi connectivity index (χ2v) is 5.06. The molecule has 3 rings (SSSR count). The van der Waals surface area contributed by atoms with Crippen molar-refractivity contribution < 1.29 is 4.74 Å². The second-order valence-electron chi connectivity index (χ2n) is 5.06. The van der Waals surface area contributed by atoms with E-state index in [-0.39, 0.29) is 0 Å². The smallest absolute Gasteiger partial charge is 0.118 e. The molecular formula is C17H19NO. The summed E-state index contributed by atoms with van der Waals surface area (Å²) in [4.78, 5) is 2.47. The first-order valence-corrected chi connectivity index (χ1v) is 6.81. The summed E-state index contributed by atoms with van der Waals surface area (Å²) in [6.07, 6.45) is 1.35. The molecule has 0 amide bonds. The highest BCUT2D eigenvalue weighted by Crippen LogP contribution is 2.23. The van der Waals surface area contributed by atoms with Gasteiger partial charge in [0, 0.05) is 6.54 Å². The summed E-state index contributed by atoms with van der Waals surface area (Å²) in [6, 6.07) is 17.1. The largest absolute Gasteiger partial charge is 0.497 e. The van der Waals surface area contributed by atoms with Gasteiger partial charge < -0.3 is 4.74 Å². The summed E-state index contributed by atoms with van der Waals surface area (Å²) >= 11 is 0. The molecule has 1 saturated heterocycles. The van der Waals surface area contributed by atoms with E-state index in [4.69, 9.17) is 4.74 Å². The molecular weight excluding hydrogens is 234 g/mol. The fourth-order valence-electron chi connectivity index (χ4n) is 2.38. The van der Waals surface area contributed by atoms with Crippen LogP contribution in [0.1, 0.15) is 12.0 Å². The van der Waals surface area contributed by atoms with Gasteiger partial charge in [0.05, 0.1) is 7.11 Å². The molecule has 1 fully saturated rings. The minimum Gasteiger partial charge on any atom is -0.497 e. The number of benzene rings is 2.